The predicted molar refractivity (Wildman–Crippen MR) is 67.7 cm³/mol. The summed E-state index contributed by atoms with van der Waals surface area (Å²) in [5.41, 5.74) is -3.22. The molecule has 1 aliphatic carbocycles. The Morgan fingerprint density at radius 2 is 1.81 bits per heavy atom. The van der Waals surface area contributed by atoms with Crippen LogP contribution in [0.25, 0.3) is 0 Å². The molecule has 0 bridgehead atoms. The van der Waals surface area contributed by atoms with E-state index < -0.39 is 41.4 Å². The molecule has 1 saturated carbocycles. The summed E-state index contributed by atoms with van der Waals surface area (Å²) in [5.74, 6) is -1.23. The van der Waals surface area contributed by atoms with Gasteiger partial charge in [-0.3, -0.25) is 0 Å². The third-order valence-electron chi connectivity index (χ3n) is 3.00. The SMILES string of the molecule is CC(C)(C)OC(=O)NC(C(=O)OCCl)C1(C(F)(F)F)CC1. The number of esters is 1. The van der Waals surface area contributed by atoms with Crippen molar-refractivity contribution in [1.29, 1.82) is 0 Å². The molecule has 1 N–H and O–H groups in total. The maximum absolute atomic E-state index is 13.1. The second-order valence-electron chi connectivity index (χ2n) is 5.81. The minimum absolute atomic E-state index is 0.269. The molecule has 0 heterocycles. The molecule has 5 nitrogen and oxygen atoms in total. The summed E-state index contributed by atoms with van der Waals surface area (Å²) < 4.78 is 48.6. The fourth-order valence-corrected chi connectivity index (χ4v) is 1.96. The lowest BCUT2D eigenvalue weighted by Crippen LogP contribution is -2.53. The summed E-state index contributed by atoms with van der Waals surface area (Å²) in [6.07, 6.45) is -6.30. The smallest absolute Gasteiger partial charge is 0.408 e. The average molecular weight is 332 g/mol. The van der Waals surface area contributed by atoms with Gasteiger partial charge in [0.05, 0.1) is 5.41 Å². The molecule has 0 radical (unpaired) electrons. The maximum atomic E-state index is 13.1. The number of rotatable bonds is 4. The molecular formula is C12H17ClF3NO4. The predicted octanol–water partition coefficient (Wildman–Crippen LogP) is 2.96. The van der Waals surface area contributed by atoms with Crippen LogP contribution in [0.1, 0.15) is 33.6 Å². The molecule has 0 aromatic heterocycles. The molecule has 0 aliphatic heterocycles. The summed E-state index contributed by atoms with van der Waals surface area (Å²) in [7, 11) is 0. The number of halogens is 4. The first-order chi connectivity index (χ1) is 9.43. The lowest BCUT2D eigenvalue weighted by atomic mass is 9.95. The van der Waals surface area contributed by atoms with E-state index in [0.717, 1.165) is 0 Å². The van der Waals surface area contributed by atoms with Crippen LogP contribution in [0.2, 0.25) is 0 Å². The Bertz CT molecular complexity index is 416. The van der Waals surface area contributed by atoms with Crippen molar-refractivity contribution in [3.8, 4) is 0 Å². The standard InChI is InChI=1S/C12H17ClF3NO4/c1-10(2,3)21-9(19)17-7(8(18)20-6-13)11(4-5-11)12(14,15)16/h7H,4-6H2,1-3H3,(H,17,19). The number of hydrogen-bond donors (Lipinski definition) is 1. The van der Waals surface area contributed by atoms with Crippen molar-refractivity contribution in [2.24, 2.45) is 5.41 Å². The summed E-state index contributed by atoms with van der Waals surface area (Å²) in [5, 5.41) is 1.95. The van der Waals surface area contributed by atoms with E-state index in [1.807, 2.05) is 5.32 Å². The van der Waals surface area contributed by atoms with Gasteiger partial charge in [0.2, 0.25) is 0 Å². The average Bonchev–Trinajstić information content (AvgIpc) is 3.03. The summed E-state index contributed by atoms with van der Waals surface area (Å²) >= 11 is 5.20. The summed E-state index contributed by atoms with van der Waals surface area (Å²) in [6.45, 7) is 4.65. The second-order valence-corrected chi connectivity index (χ2v) is 6.02. The molecule has 1 aliphatic rings. The molecule has 9 heteroatoms. The van der Waals surface area contributed by atoms with Crippen molar-refractivity contribution in [2.75, 3.05) is 6.07 Å². The summed E-state index contributed by atoms with van der Waals surface area (Å²) in [4.78, 5) is 23.3. The van der Waals surface area contributed by atoms with E-state index in [2.05, 4.69) is 4.74 Å². The summed E-state index contributed by atoms with van der Waals surface area (Å²) in [6, 6.07) is -2.47. The number of hydrogen-bond acceptors (Lipinski definition) is 4. The Morgan fingerprint density at radius 1 is 1.29 bits per heavy atom. The Hall–Kier alpha value is -1.18. The van der Waals surface area contributed by atoms with Crippen LogP contribution in [0.3, 0.4) is 0 Å². The number of alkyl halides is 4. The van der Waals surface area contributed by atoms with Gasteiger partial charge < -0.3 is 14.8 Å². The molecule has 1 unspecified atom stereocenters. The topological polar surface area (TPSA) is 64.6 Å². The van der Waals surface area contributed by atoms with Gasteiger partial charge in [0.15, 0.2) is 6.07 Å². The van der Waals surface area contributed by atoms with E-state index in [4.69, 9.17) is 16.3 Å². The van der Waals surface area contributed by atoms with Crippen LogP contribution in [0.15, 0.2) is 0 Å². The first-order valence-electron chi connectivity index (χ1n) is 6.22. The molecule has 0 saturated heterocycles. The van der Waals surface area contributed by atoms with E-state index in [-0.39, 0.29) is 12.8 Å². The van der Waals surface area contributed by atoms with E-state index in [1.54, 1.807) is 20.8 Å². The number of carbonyl (C=O) groups is 2. The molecule has 1 atom stereocenters. The monoisotopic (exact) mass is 331 g/mol. The van der Waals surface area contributed by atoms with Crippen LogP contribution in [-0.2, 0) is 14.3 Å². The zero-order valence-electron chi connectivity index (χ0n) is 11.8. The Morgan fingerprint density at radius 3 is 2.14 bits per heavy atom. The molecule has 0 aromatic carbocycles. The van der Waals surface area contributed by atoms with Crippen molar-refractivity contribution in [3.63, 3.8) is 0 Å². The lowest BCUT2D eigenvalue weighted by molar-refractivity contribution is -0.201. The van der Waals surface area contributed by atoms with Gasteiger partial charge in [0, 0.05) is 0 Å². The van der Waals surface area contributed by atoms with Gasteiger partial charge in [0.25, 0.3) is 0 Å². The van der Waals surface area contributed by atoms with Gasteiger partial charge in [-0.15, -0.1) is 0 Å². The molecule has 1 fully saturated rings. The Kier molecular flexibility index (Phi) is 5.02. The van der Waals surface area contributed by atoms with Crippen molar-refractivity contribution >= 4 is 23.7 Å². The molecular weight excluding hydrogens is 315 g/mol. The van der Waals surface area contributed by atoms with Gasteiger partial charge in [-0.1, -0.05) is 11.6 Å². The van der Waals surface area contributed by atoms with E-state index in [0.29, 0.717) is 0 Å². The molecule has 1 rings (SSSR count). The van der Waals surface area contributed by atoms with Crippen LogP contribution in [0.5, 0.6) is 0 Å². The highest BCUT2D eigenvalue weighted by Crippen LogP contribution is 2.60. The highest BCUT2D eigenvalue weighted by molar-refractivity contribution is 6.17. The van der Waals surface area contributed by atoms with Gasteiger partial charge in [0.1, 0.15) is 11.6 Å². The third kappa shape index (κ3) is 4.39. The molecule has 0 aromatic rings. The number of ether oxygens (including phenoxy) is 2. The van der Waals surface area contributed by atoms with E-state index in [9.17, 15) is 22.8 Å². The highest BCUT2D eigenvalue weighted by Gasteiger charge is 2.70. The van der Waals surface area contributed by atoms with Crippen molar-refractivity contribution < 1.29 is 32.2 Å². The second kappa shape index (κ2) is 5.90. The normalized spacial score (nSPS) is 18.6. The van der Waals surface area contributed by atoms with Crippen LogP contribution in [-0.4, -0.2) is 35.9 Å². The first kappa shape index (κ1) is 17.9. The fourth-order valence-electron chi connectivity index (χ4n) is 1.86. The zero-order valence-corrected chi connectivity index (χ0v) is 12.6. The van der Waals surface area contributed by atoms with Gasteiger partial charge in [-0.25, -0.2) is 9.59 Å². The van der Waals surface area contributed by atoms with Crippen LogP contribution in [0.4, 0.5) is 18.0 Å². The quantitative estimate of drug-likeness (QED) is 0.635. The van der Waals surface area contributed by atoms with Crippen LogP contribution >= 0.6 is 11.6 Å². The number of amides is 1. The zero-order chi connectivity index (χ0) is 16.5. The van der Waals surface area contributed by atoms with Crippen molar-refractivity contribution in [3.05, 3.63) is 0 Å². The third-order valence-corrected chi connectivity index (χ3v) is 3.11. The molecule has 0 spiro atoms. The van der Waals surface area contributed by atoms with E-state index >= 15 is 0 Å². The van der Waals surface area contributed by atoms with Crippen LogP contribution < -0.4 is 5.32 Å². The highest BCUT2D eigenvalue weighted by atomic mass is 35.5. The largest absolute Gasteiger partial charge is 0.448 e. The number of nitrogens with one attached hydrogen (secondary N) is 1. The number of alkyl carbamates (subject to hydrolysis) is 1. The molecule has 1 amide bonds. The van der Waals surface area contributed by atoms with Gasteiger partial charge in [-0.2, -0.15) is 13.2 Å². The number of carbonyl (C=O) groups excluding carboxylic acids is 2. The maximum Gasteiger partial charge on any atom is 0.408 e. The van der Waals surface area contributed by atoms with Crippen molar-refractivity contribution in [2.45, 2.75) is 51.4 Å². The first-order valence-corrected chi connectivity index (χ1v) is 6.75. The Labute approximate surface area is 125 Å². The van der Waals surface area contributed by atoms with Crippen molar-refractivity contribution in [1.82, 2.24) is 5.32 Å². The molecule has 21 heavy (non-hydrogen) atoms. The lowest BCUT2D eigenvalue weighted by Gasteiger charge is -2.29. The fraction of sp³-hybridized carbons (Fsp3) is 0.833. The van der Waals surface area contributed by atoms with Gasteiger partial charge in [-0.05, 0) is 33.6 Å². The van der Waals surface area contributed by atoms with E-state index in [1.165, 1.54) is 0 Å². The van der Waals surface area contributed by atoms with Gasteiger partial charge >= 0.3 is 18.2 Å². The minimum Gasteiger partial charge on any atom is -0.448 e. The Balaban J connectivity index is 2.90. The minimum atomic E-state index is -4.64. The van der Waals surface area contributed by atoms with Crippen LogP contribution in [0, 0.1) is 5.41 Å². The molecule has 122 valence electrons.